The molecule has 0 radical (unpaired) electrons. The molecule has 1 heterocycles. The first-order valence-electron chi connectivity index (χ1n) is 6.57. The number of benzene rings is 1. The summed E-state index contributed by atoms with van der Waals surface area (Å²) in [6.07, 6.45) is 0. The van der Waals surface area contributed by atoms with E-state index in [9.17, 15) is 8.42 Å². The molecule has 1 unspecified atom stereocenters. The number of sulfonamides is 1. The normalized spacial score (nSPS) is 15.9. The third-order valence-corrected chi connectivity index (χ3v) is 4.42. The quantitative estimate of drug-likeness (QED) is 0.804. The van der Waals surface area contributed by atoms with Crippen LogP contribution in [0.5, 0.6) is 11.5 Å². The van der Waals surface area contributed by atoms with Gasteiger partial charge < -0.3 is 14.8 Å². The molecule has 20 heavy (non-hydrogen) atoms. The second-order valence-corrected chi connectivity index (χ2v) is 6.59. The van der Waals surface area contributed by atoms with Gasteiger partial charge in [-0.1, -0.05) is 6.92 Å². The summed E-state index contributed by atoms with van der Waals surface area (Å²) in [5.74, 6) is 1.27. The monoisotopic (exact) mass is 300 g/mol. The Morgan fingerprint density at radius 2 is 1.90 bits per heavy atom. The average Bonchev–Trinajstić information content (AvgIpc) is 2.45. The summed E-state index contributed by atoms with van der Waals surface area (Å²) in [6, 6.07) is 4.65. The summed E-state index contributed by atoms with van der Waals surface area (Å²) < 4.78 is 37.8. The van der Waals surface area contributed by atoms with Crippen molar-refractivity contribution in [2.75, 3.05) is 33.4 Å². The molecule has 2 rings (SSSR count). The fraction of sp³-hybridized carbons (Fsp3) is 0.538. The Kier molecular flexibility index (Phi) is 4.85. The van der Waals surface area contributed by atoms with Crippen LogP contribution in [0.4, 0.5) is 0 Å². The average molecular weight is 300 g/mol. The molecule has 1 aromatic rings. The zero-order chi connectivity index (χ0) is 14.6. The molecule has 0 bridgehead atoms. The Balaban J connectivity index is 2.09. The molecule has 0 aliphatic carbocycles. The molecule has 1 aromatic carbocycles. The maximum atomic E-state index is 12.2. The Morgan fingerprint density at radius 3 is 2.60 bits per heavy atom. The van der Waals surface area contributed by atoms with Gasteiger partial charge in [-0.2, -0.15) is 0 Å². The molecule has 0 spiro atoms. The summed E-state index contributed by atoms with van der Waals surface area (Å²) in [7, 11) is -1.68. The molecule has 0 amide bonds. The standard InChI is InChI=1S/C13H20N2O4S/c1-10(8-14-2)9-15-20(16,17)11-3-4-12-13(7-11)19-6-5-18-12/h3-4,7,10,14-15H,5-6,8-9H2,1-2H3. The van der Waals surface area contributed by atoms with Crippen LogP contribution >= 0.6 is 0 Å². The number of nitrogens with one attached hydrogen (secondary N) is 2. The summed E-state index contributed by atoms with van der Waals surface area (Å²) in [6.45, 7) is 4.03. The Labute approximate surface area is 119 Å². The minimum Gasteiger partial charge on any atom is -0.486 e. The van der Waals surface area contributed by atoms with Gasteiger partial charge in [0.2, 0.25) is 10.0 Å². The van der Waals surface area contributed by atoms with Crippen molar-refractivity contribution in [3.05, 3.63) is 18.2 Å². The number of hydrogen-bond donors (Lipinski definition) is 2. The van der Waals surface area contributed by atoms with E-state index in [2.05, 4.69) is 10.0 Å². The van der Waals surface area contributed by atoms with Crippen LogP contribution in [0.25, 0.3) is 0 Å². The molecular weight excluding hydrogens is 280 g/mol. The highest BCUT2D eigenvalue weighted by Crippen LogP contribution is 2.32. The van der Waals surface area contributed by atoms with Crippen molar-refractivity contribution in [3.63, 3.8) is 0 Å². The third kappa shape index (κ3) is 3.62. The summed E-state index contributed by atoms with van der Waals surface area (Å²) >= 11 is 0. The fourth-order valence-corrected chi connectivity index (χ4v) is 3.13. The van der Waals surface area contributed by atoms with Crippen LogP contribution in [-0.4, -0.2) is 41.8 Å². The van der Waals surface area contributed by atoms with E-state index < -0.39 is 10.0 Å². The smallest absolute Gasteiger partial charge is 0.240 e. The van der Waals surface area contributed by atoms with Crippen LogP contribution in [0.1, 0.15) is 6.92 Å². The minimum atomic E-state index is -3.52. The van der Waals surface area contributed by atoms with Crippen LogP contribution in [0.2, 0.25) is 0 Å². The van der Waals surface area contributed by atoms with Crippen molar-refractivity contribution in [2.24, 2.45) is 5.92 Å². The highest BCUT2D eigenvalue weighted by Gasteiger charge is 2.19. The van der Waals surface area contributed by atoms with Crippen LogP contribution in [0, 0.1) is 5.92 Å². The van der Waals surface area contributed by atoms with Gasteiger partial charge in [0, 0.05) is 12.6 Å². The first kappa shape index (κ1) is 15.1. The maximum Gasteiger partial charge on any atom is 0.240 e. The lowest BCUT2D eigenvalue weighted by molar-refractivity contribution is 0.171. The zero-order valence-corrected chi connectivity index (χ0v) is 12.5. The van der Waals surface area contributed by atoms with E-state index in [-0.39, 0.29) is 10.8 Å². The van der Waals surface area contributed by atoms with E-state index in [1.807, 2.05) is 14.0 Å². The number of fused-ring (bicyclic) bond motifs is 1. The highest BCUT2D eigenvalue weighted by atomic mass is 32.2. The minimum absolute atomic E-state index is 0.193. The van der Waals surface area contributed by atoms with Crippen molar-refractivity contribution in [2.45, 2.75) is 11.8 Å². The predicted molar refractivity (Wildman–Crippen MR) is 75.7 cm³/mol. The van der Waals surface area contributed by atoms with E-state index in [4.69, 9.17) is 9.47 Å². The van der Waals surface area contributed by atoms with Crippen molar-refractivity contribution in [3.8, 4) is 11.5 Å². The van der Waals surface area contributed by atoms with E-state index in [1.54, 1.807) is 6.07 Å². The molecule has 1 aliphatic rings. The van der Waals surface area contributed by atoms with Crippen molar-refractivity contribution in [1.29, 1.82) is 0 Å². The molecule has 0 saturated heterocycles. The molecule has 6 nitrogen and oxygen atoms in total. The molecule has 1 aliphatic heterocycles. The van der Waals surface area contributed by atoms with Gasteiger partial charge in [-0.05, 0) is 31.6 Å². The molecule has 0 aromatic heterocycles. The molecular formula is C13H20N2O4S. The van der Waals surface area contributed by atoms with Gasteiger partial charge in [0.1, 0.15) is 13.2 Å². The number of ether oxygens (including phenoxy) is 2. The first-order chi connectivity index (χ1) is 9.53. The van der Waals surface area contributed by atoms with E-state index >= 15 is 0 Å². The molecule has 0 fully saturated rings. The highest BCUT2D eigenvalue weighted by molar-refractivity contribution is 7.89. The van der Waals surface area contributed by atoms with Crippen molar-refractivity contribution in [1.82, 2.24) is 10.0 Å². The van der Waals surface area contributed by atoms with Crippen LogP contribution < -0.4 is 19.5 Å². The Morgan fingerprint density at radius 1 is 1.20 bits per heavy atom. The molecule has 112 valence electrons. The van der Waals surface area contributed by atoms with Gasteiger partial charge in [0.15, 0.2) is 11.5 Å². The van der Waals surface area contributed by atoms with E-state index in [0.717, 1.165) is 6.54 Å². The van der Waals surface area contributed by atoms with Crippen molar-refractivity contribution >= 4 is 10.0 Å². The van der Waals surface area contributed by atoms with Gasteiger partial charge in [-0.25, -0.2) is 13.1 Å². The second kappa shape index (κ2) is 6.43. The first-order valence-corrected chi connectivity index (χ1v) is 8.05. The number of rotatable bonds is 6. The van der Waals surface area contributed by atoms with Gasteiger partial charge in [-0.15, -0.1) is 0 Å². The Hall–Kier alpha value is -1.31. The van der Waals surface area contributed by atoms with Crippen molar-refractivity contribution < 1.29 is 17.9 Å². The van der Waals surface area contributed by atoms with E-state index in [1.165, 1.54) is 12.1 Å². The van der Waals surface area contributed by atoms with Crippen LogP contribution in [0.15, 0.2) is 23.1 Å². The second-order valence-electron chi connectivity index (χ2n) is 4.82. The molecule has 2 N–H and O–H groups in total. The van der Waals surface area contributed by atoms with Crippen LogP contribution in [-0.2, 0) is 10.0 Å². The maximum absolute atomic E-state index is 12.2. The molecule has 7 heteroatoms. The Bertz CT molecular complexity index is 559. The van der Waals surface area contributed by atoms with Gasteiger partial charge in [0.05, 0.1) is 4.90 Å². The van der Waals surface area contributed by atoms with Gasteiger partial charge >= 0.3 is 0 Å². The largest absolute Gasteiger partial charge is 0.486 e. The lowest BCUT2D eigenvalue weighted by atomic mass is 10.2. The molecule has 0 saturated carbocycles. The topological polar surface area (TPSA) is 76.7 Å². The predicted octanol–water partition coefficient (Wildman–Crippen LogP) is 0.592. The SMILES string of the molecule is CNCC(C)CNS(=O)(=O)c1ccc2c(c1)OCCO2. The van der Waals surface area contributed by atoms with Gasteiger partial charge in [-0.3, -0.25) is 0 Å². The fourth-order valence-electron chi connectivity index (χ4n) is 1.95. The van der Waals surface area contributed by atoms with Crippen LogP contribution in [0.3, 0.4) is 0 Å². The number of hydrogen-bond acceptors (Lipinski definition) is 5. The summed E-state index contributed by atoms with van der Waals surface area (Å²) in [5, 5.41) is 3.01. The summed E-state index contributed by atoms with van der Waals surface area (Å²) in [4.78, 5) is 0.193. The lowest BCUT2D eigenvalue weighted by Gasteiger charge is -2.19. The third-order valence-electron chi connectivity index (χ3n) is 3.00. The summed E-state index contributed by atoms with van der Waals surface area (Å²) in [5.41, 5.74) is 0. The van der Waals surface area contributed by atoms with Gasteiger partial charge in [0.25, 0.3) is 0 Å². The zero-order valence-electron chi connectivity index (χ0n) is 11.7. The van der Waals surface area contributed by atoms with E-state index in [0.29, 0.717) is 31.3 Å². The molecule has 1 atom stereocenters. The lowest BCUT2D eigenvalue weighted by Crippen LogP contribution is -2.32.